The van der Waals surface area contributed by atoms with Gasteiger partial charge < -0.3 is 4.90 Å². The normalized spacial score (nSPS) is 18.7. The summed E-state index contributed by atoms with van der Waals surface area (Å²) in [6.45, 7) is 6.47. The molecule has 1 aliphatic rings. The first kappa shape index (κ1) is 18.0. The Labute approximate surface area is 152 Å². The van der Waals surface area contributed by atoms with Gasteiger partial charge in [-0.1, -0.05) is 6.92 Å². The number of amides is 1. The second kappa shape index (κ2) is 6.86. The molecule has 1 aromatic heterocycles. The smallest absolute Gasteiger partial charge is 0.271 e. The van der Waals surface area contributed by atoms with Crippen molar-refractivity contribution < 1.29 is 9.18 Å². The van der Waals surface area contributed by atoms with Gasteiger partial charge in [0.1, 0.15) is 5.82 Å². The lowest BCUT2D eigenvalue weighted by Gasteiger charge is -2.45. The maximum Gasteiger partial charge on any atom is 0.271 e. The van der Waals surface area contributed by atoms with Crippen molar-refractivity contribution in [2.45, 2.75) is 38.6 Å². The number of benzene rings is 1. The number of nitrogens with zero attached hydrogens (tertiary/aromatic N) is 3. The van der Waals surface area contributed by atoms with Crippen molar-refractivity contribution in [1.82, 2.24) is 10.4 Å². The number of hydrogen-bond donors (Lipinski definition) is 1. The minimum absolute atomic E-state index is 0.0209. The third kappa shape index (κ3) is 3.45. The zero-order chi connectivity index (χ0) is 18.9. The lowest BCUT2D eigenvalue weighted by molar-refractivity contribution is 0.0955. The fraction of sp³-hybridized carbons (Fsp3) is 0.350. The summed E-state index contributed by atoms with van der Waals surface area (Å²) in [5.74, 6) is -0.408. The van der Waals surface area contributed by atoms with Crippen LogP contribution in [-0.2, 0) is 0 Å². The molecule has 0 aliphatic carbocycles. The van der Waals surface area contributed by atoms with E-state index in [1.807, 2.05) is 13.1 Å². The largest absolute Gasteiger partial charge is 0.369 e. The van der Waals surface area contributed by atoms with Crippen molar-refractivity contribution in [2.24, 2.45) is 5.10 Å². The van der Waals surface area contributed by atoms with Crippen LogP contribution < -0.4 is 10.3 Å². The second-order valence-corrected chi connectivity index (χ2v) is 7.34. The maximum atomic E-state index is 14.5. The number of carbonyl (C=O) groups is 1. The van der Waals surface area contributed by atoms with Crippen LogP contribution in [0.5, 0.6) is 0 Å². The highest BCUT2D eigenvalue weighted by Crippen LogP contribution is 2.43. The predicted molar refractivity (Wildman–Crippen MR) is 101 cm³/mol. The molecule has 0 spiro atoms. The zero-order valence-corrected chi connectivity index (χ0v) is 15.5. The van der Waals surface area contributed by atoms with Crippen molar-refractivity contribution in [3.63, 3.8) is 0 Å². The summed E-state index contributed by atoms with van der Waals surface area (Å²) in [5.41, 5.74) is 5.20. The molecule has 2 heterocycles. The van der Waals surface area contributed by atoms with Crippen LogP contribution >= 0.6 is 0 Å². The van der Waals surface area contributed by atoms with E-state index >= 15 is 0 Å². The first-order chi connectivity index (χ1) is 12.3. The van der Waals surface area contributed by atoms with Crippen molar-refractivity contribution in [3.05, 3.63) is 59.2 Å². The topological polar surface area (TPSA) is 57.6 Å². The van der Waals surface area contributed by atoms with E-state index in [0.717, 1.165) is 17.7 Å². The van der Waals surface area contributed by atoms with Gasteiger partial charge in [-0.05, 0) is 56.0 Å². The first-order valence-corrected chi connectivity index (χ1v) is 8.60. The Balaban J connectivity index is 1.82. The van der Waals surface area contributed by atoms with Gasteiger partial charge >= 0.3 is 0 Å². The Hall–Kier alpha value is -2.76. The van der Waals surface area contributed by atoms with Crippen molar-refractivity contribution >= 4 is 17.8 Å². The van der Waals surface area contributed by atoms with Crippen molar-refractivity contribution in [1.29, 1.82) is 0 Å². The summed E-state index contributed by atoms with van der Waals surface area (Å²) in [5, 5.41) is 3.90. The number of hydrogen-bond acceptors (Lipinski definition) is 4. The van der Waals surface area contributed by atoms with E-state index in [0.29, 0.717) is 17.0 Å². The minimum Gasteiger partial charge on any atom is -0.369 e. The number of rotatable bonds is 3. The van der Waals surface area contributed by atoms with E-state index in [1.165, 1.54) is 18.6 Å². The molecule has 1 atom stereocenters. The highest BCUT2D eigenvalue weighted by atomic mass is 19.1. The maximum absolute atomic E-state index is 14.5. The van der Waals surface area contributed by atoms with E-state index in [4.69, 9.17) is 0 Å². The van der Waals surface area contributed by atoms with Gasteiger partial charge in [-0.15, -0.1) is 0 Å². The lowest BCUT2D eigenvalue weighted by atomic mass is 9.80. The number of aromatic nitrogens is 1. The van der Waals surface area contributed by atoms with Crippen molar-refractivity contribution in [2.75, 3.05) is 11.9 Å². The molecule has 0 bridgehead atoms. The quantitative estimate of drug-likeness (QED) is 0.675. The summed E-state index contributed by atoms with van der Waals surface area (Å²) in [4.78, 5) is 17.9. The summed E-state index contributed by atoms with van der Waals surface area (Å²) >= 11 is 0. The Morgan fingerprint density at radius 1 is 1.38 bits per heavy atom. The number of hydrazone groups is 1. The molecule has 136 valence electrons. The molecule has 26 heavy (non-hydrogen) atoms. The first-order valence-electron chi connectivity index (χ1n) is 8.60. The molecule has 0 saturated carbocycles. The third-order valence-corrected chi connectivity index (χ3v) is 5.06. The van der Waals surface area contributed by atoms with Crippen LogP contribution in [0.15, 0.2) is 41.8 Å². The zero-order valence-electron chi connectivity index (χ0n) is 15.5. The summed E-state index contributed by atoms with van der Waals surface area (Å²) < 4.78 is 14.5. The number of pyridine rings is 1. The van der Waals surface area contributed by atoms with E-state index in [1.54, 1.807) is 18.2 Å². The van der Waals surface area contributed by atoms with E-state index < -0.39 is 0 Å². The summed E-state index contributed by atoms with van der Waals surface area (Å²) in [6.07, 6.45) is 5.39. The average molecular weight is 354 g/mol. The molecule has 1 unspecified atom stereocenters. The molecular weight excluding hydrogens is 331 g/mol. The molecule has 3 rings (SSSR count). The Morgan fingerprint density at radius 2 is 2.08 bits per heavy atom. The number of anilines is 1. The summed E-state index contributed by atoms with van der Waals surface area (Å²) in [7, 11) is 1.99. The van der Waals surface area contributed by atoms with Crippen LogP contribution in [0.25, 0.3) is 0 Å². The van der Waals surface area contributed by atoms with Gasteiger partial charge in [0.15, 0.2) is 0 Å². The molecule has 5 nitrogen and oxygen atoms in total. The SMILES string of the molecule is CC1CC(C)(C)N(C)c2cc(F)c(/C=N\NC(=O)c3ccncc3)cc21. The fourth-order valence-electron chi connectivity index (χ4n) is 3.43. The Bertz CT molecular complexity index is 848. The van der Waals surface area contributed by atoms with Gasteiger partial charge in [0.05, 0.1) is 6.21 Å². The Morgan fingerprint density at radius 3 is 2.77 bits per heavy atom. The molecule has 1 aliphatic heterocycles. The van der Waals surface area contributed by atoms with Crippen LogP contribution in [0.2, 0.25) is 0 Å². The van der Waals surface area contributed by atoms with Gasteiger partial charge in [-0.3, -0.25) is 9.78 Å². The lowest BCUT2D eigenvalue weighted by Crippen LogP contribution is -2.45. The molecule has 0 radical (unpaired) electrons. The van der Waals surface area contributed by atoms with Crippen LogP contribution in [0.1, 0.15) is 54.6 Å². The molecule has 1 N–H and O–H groups in total. The predicted octanol–water partition coefficient (Wildman–Crippen LogP) is 3.71. The molecule has 6 heteroatoms. The van der Waals surface area contributed by atoms with Gasteiger partial charge in [-0.2, -0.15) is 5.10 Å². The van der Waals surface area contributed by atoms with E-state index in [9.17, 15) is 9.18 Å². The number of fused-ring (bicyclic) bond motifs is 1. The minimum atomic E-state index is -0.364. The van der Waals surface area contributed by atoms with Crippen LogP contribution in [0, 0.1) is 5.82 Å². The second-order valence-electron chi connectivity index (χ2n) is 7.34. The number of halogens is 1. The Kier molecular flexibility index (Phi) is 4.76. The molecule has 1 amide bonds. The summed E-state index contributed by atoms with van der Waals surface area (Å²) in [6, 6.07) is 6.55. The monoisotopic (exact) mass is 354 g/mol. The van der Waals surface area contributed by atoms with Gasteiger partial charge in [-0.25, -0.2) is 9.82 Å². The molecule has 0 fully saturated rings. The van der Waals surface area contributed by atoms with E-state index in [-0.39, 0.29) is 17.3 Å². The molecular formula is C20H23FN4O. The van der Waals surface area contributed by atoms with Gasteiger partial charge in [0.25, 0.3) is 5.91 Å². The highest BCUT2D eigenvalue weighted by Gasteiger charge is 2.34. The fourth-order valence-corrected chi connectivity index (χ4v) is 3.43. The average Bonchev–Trinajstić information content (AvgIpc) is 2.61. The molecule has 0 saturated heterocycles. The van der Waals surface area contributed by atoms with E-state index in [2.05, 4.69) is 41.2 Å². The number of carbonyl (C=O) groups excluding carboxylic acids is 1. The molecule has 1 aromatic carbocycles. The van der Waals surface area contributed by atoms with Crippen LogP contribution in [0.4, 0.5) is 10.1 Å². The number of nitrogens with one attached hydrogen (secondary N) is 1. The van der Waals surface area contributed by atoms with Gasteiger partial charge in [0.2, 0.25) is 0 Å². The highest BCUT2D eigenvalue weighted by molar-refractivity contribution is 5.94. The molecule has 2 aromatic rings. The van der Waals surface area contributed by atoms with Gasteiger partial charge in [0, 0.05) is 41.8 Å². The standard InChI is InChI=1S/C20H23FN4O/c1-13-11-20(2,3)25(4)18-10-17(21)15(9-16(13)18)12-23-24-19(26)14-5-7-22-8-6-14/h5-10,12-13H,11H2,1-4H3,(H,24,26)/b23-12-. The van der Waals surface area contributed by atoms with Crippen LogP contribution in [-0.4, -0.2) is 29.7 Å². The third-order valence-electron chi connectivity index (χ3n) is 5.06. The van der Waals surface area contributed by atoms with Crippen molar-refractivity contribution in [3.8, 4) is 0 Å². The van der Waals surface area contributed by atoms with Crippen LogP contribution in [0.3, 0.4) is 0 Å².